The molecule has 0 N–H and O–H groups in total. The Morgan fingerprint density at radius 1 is 1.03 bits per heavy atom. The highest BCUT2D eigenvalue weighted by Crippen LogP contribution is 2.25. The van der Waals surface area contributed by atoms with Gasteiger partial charge in [-0.15, -0.1) is 0 Å². The number of piperazine rings is 1. The van der Waals surface area contributed by atoms with Crippen molar-refractivity contribution in [3.8, 4) is 17.1 Å². The zero-order valence-electron chi connectivity index (χ0n) is 20.8. The number of furan rings is 1. The van der Waals surface area contributed by atoms with E-state index in [4.69, 9.17) is 13.7 Å². The van der Waals surface area contributed by atoms with Gasteiger partial charge < -0.3 is 18.6 Å². The molecule has 1 fully saturated rings. The average molecular weight is 487 g/mol. The molecule has 3 heterocycles. The predicted octanol–water partition coefficient (Wildman–Crippen LogP) is 5.04. The lowest BCUT2D eigenvalue weighted by molar-refractivity contribution is 0.0521. The molecule has 1 aliphatic rings. The van der Waals surface area contributed by atoms with Crippen molar-refractivity contribution in [2.24, 2.45) is 0 Å². The van der Waals surface area contributed by atoms with Crippen LogP contribution < -0.4 is 4.74 Å². The summed E-state index contributed by atoms with van der Waals surface area (Å²) in [6, 6.07) is 19.3. The van der Waals surface area contributed by atoms with E-state index in [1.54, 1.807) is 12.1 Å². The monoisotopic (exact) mass is 486 g/mol. The summed E-state index contributed by atoms with van der Waals surface area (Å²) in [5, 5.41) is 4.13. The smallest absolute Gasteiger partial charge is 0.289 e. The van der Waals surface area contributed by atoms with Crippen molar-refractivity contribution in [2.45, 2.75) is 33.4 Å². The van der Waals surface area contributed by atoms with Gasteiger partial charge in [0.25, 0.3) is 5.91 Å². The molecule has 8 heteroatoms. The molecular formula is C28H30N4O4. The summed E-state index contributed by atoms with van der Waals surface area (Å²) >= 11 is 0. The predicted molar refractivity (Wildman–Crippen MR) is 135 cm³/mol. The highest BCUT2D eigenvalue weighted by Gasteiger charge is 2.29. The fourth-order valence-corrected chi connectivity index (χ4v) is 4.41. The van der Waals surface area contributed by atoms with Crippen LogP contribution in [0.5, 0.6) is 5.75 Å². The Bertz CT molecular complexity index is 1320. The van der Waals surface area contributed by atoms with Gasteiger partial charge in [0.2, 0.25) is 11.7 Å². The van der Waals surface area contributed by atoms with Gasteiger partial charge in [0.1, 0.15) is 18.1 Å². The van der Waals surface area contributed by atoms with Crippen LogP contribution >= 0.6 is 0 Å². The molecule has 0 saturated carbocycles. The zero-order chi connectivity index (χ0) is 25.1. The number of rotatable bonds is 7. The van der Waals surface area contributed by atoms with Crippen LogP contribution in [0.2, 0.25) is 0 Å². The standard InChI is InChI=1S/C28H30N4O4/c1-19-9-11-24(20(2)17-19)34-18-23-10-12-25(35-23)28(33)32-15-13-31(14-16-32)21(3)27-29-26(30-36-27)22-7-5-4-6-8-22/h4-12,17,21H,13-16,18H2,1-3H3. The SMILES string of the molecule is Cc1ccc(OCc2ccc(C(=O)N3CCN(C(C)c4nc(-c5ccccc5)no4)CC3)o2)c(C)c1. The molecule has 5 rings (SSSR count). The van der Waals surface area contributed by atoms with E-state index >= 15 is 0 Å². The van der Waals surface area contributed by atoms with Gasteiger partial charge in [-0.25, -0.2) is 0 Å². The second kappa shape index (κ2) is 10.4. The maximum atomic E-state index is 13.0. The summed E-state index contributed by atoms with van der Waals surface area (Å²) in [4.78, 5) is 21.7. The van der Waals surface area contributed by atoms with E-state index in [0.717, 1.165) is 16.9 Å². The number of hydrogen-bond acceptors (Lipinski definition) is 7. The van der Waals surface area contributed by atoms with E-state index in [1.165, 1.54) is 5.56 Å². The quantitative estimate of drug-likeness (QED) is 0.362. The first-order valence-corrected chi connectivity index (χ1v) is 12.2. The molecule has 1 unspecified atom stereocenters. The zero-order valence-corrected chi connectivity index (χ0v) is 20.8. The first-order valence-electron chi connectivity index (χ1n) is 12.2. The van der Waals surface area contributed by atoms with Crippen molar-refractivity contribution in [3.05, 3.63) is 89.2 Å². The Labute approximate surface area is 210 Å². The van der Waals surface area contributed by atoms with Crippen LogP contribution in [0, 0.1) is 13.8 Å². The highest BCUT2D eigenvalue weighted by atomic mass is 16.5. The van der Waals surface area contributed by atoms with E-state index in [2.05, 4.69) is 28.0 Å². The van der Waals surface area contributed by atoms with Gasteiger partial charge in [-0.2, -0.15) is 4.98 Å². The van der Waals surface area contributed by atoms with Crippen molar-refractivity contribution in [2.75, 3.05) is 26.2 Å². The van der Waals surface area contributed by atoms with Crippen molar-refractivity contribution in [1.29, 1.82) is 0 Å². The van der Waals surface area contributed by atoms with Crippen LogP contribution in [0.1, 0.15) is 46.3 Å². The second-order valence-electron chi connectivity index (χ2n) is 9.15. The van der Waals surface area contributed by atoms with Crippen LogP contribution in [-0.4, -0.2) is 52.0 Å². The normalized spacial score (nSPS) is 15.1. The van der Waals surface area contributed by atoms with Crippen molar-refractivity contribution < 1.29 is 18.5 Å². The second-order valence-corrected chi connectivity index (χ2v) is 9.15. The number of benzene rings is 2. The fourth-order valence-electron chi connectivity index (χ4n) is 4.41. The maximum absolute atomic E-state index is 13.0. The Morgan fingerprint density at radius 3 is 2.56 bits per heavy atom. The number of ether oxygens (including phenoxy) is 1. The molecule has 36 heavy (non-hydrogen) atoms. The minimum absolute atomic E-state index is 0.0372. The van der Waals surface area contributed by atoms with Crippen molar-refractivity contribution >= 4 is 5.91 Å². The number of nitrogens with zero attached hydrogens (tertiary/aromatic N) is 4. The van der Waals surface area contributed by atoms with Crippen LogP contribution in [0.25, 0.3) is 11.4 Å². The molecule has 1 atom stereocenters. The summed E-state index contributed by atoms with van der Waals surface area (Å²) in [5.41, 5.74) is 3.18. The van der Waals surface area contributed by atoms with E-state index in [1.807, 2.05) is 61.2 Å². The lowest BCUT2D eigenvalue weighted by atomic mass is 10.1. The van der Waals surface area contributed by atoms with Gasteiger partial charge >= 0.3 is 0 Å². The number of hydrogen-bond donors (Lipinski definition) is 0. The summed E-state index contributed by atoms with van der Waals surface area (Å²) in [6.07, 6.45) is 0. The third-order valence-corrected chi connectivity index (χ3v) is 6.55. The average Bonchev–Trinajstić information content (AvgIpc) is 3.58. The molecule has 1 amide bonds. The Hall–Kier alpha value is -3.91. The third kappa shape index (κ3) is 5.18. The molecule has 0 spiro atoms. The topological polar surface area (TPSA) is 84.8 Å². The Morgan fingerprint density at radius 2 is 1.81 bits per heavy atom. The highest BCUT2D eigenvalue weighted by molar-refractivity contribution is 5.91. The van der Waals surface area contributed by atoms with Crippen LogP contribution in [0.4, 0.5) is 0 Å². The molecule has 186 valence electrons. The summed E-state index contributed by atoms with van der Waals surface area (Å²) in [5.74, 6) is 2.82. The van der Waals surface area contributed by atoms with Crippen molar-refractivity contribution in [3.63, 3.8) is 0 Å². The Kier molecular flexibility index (Phi) is 6.86. The number of aromatic nitrogens is 2. The fraction of sp³-hybridized carbons (Fsp3) is 0.321. The van der Waals surface area contributed by atoms with Gasteiger partial charge in [0.05, 0.1) is 6.04 Å². The van der Waals surface area contributed by atoms with E-state index < -0.39 is 0 Å². The summed E-state index contributed by atoms with van der Waals surface area (Å²) in [6.45, 7) is 9.00. The molecule has 2 aromatic carbocycles. The lowest BCUT2D eigenvalue weighted by Crippen LogP contribution is -2.49. The Balaban J connectivity index is 1.14. The van der Waals surface area contributed by atoms with E-state index in [0.29, 0.717) is 49.4 Å². The third-order valence-electron chi connectivity index (χ3n) is 6.55. The molecule has 0 bridgehead atoms. The molecule has 2 aromatic heterocycles. The minimum Gasteiger partial charge on any atom is -0.485 e. The van der Waals surface area contributed by atoms with Gasteiger partial charge in [-0.3, -0.25) is 9.69 Å². The number of carbonyl (C=O) groups excluding carboxylic acids is 1. The van der Waals surface area contributed by atoms with Gasteiger partial charge in [0.15, 0.2) is 5.76 Å². The summed E-state index contributed by atoms with van der Waals surface area (Å²) < 4.78 is 17.2. The molecule has 1 saturated heterocycles. The van der Waals surface area contributed by atoms with Gasteiger partial charge in [-0.05, 0) is 44.5 Å². The minimum atomic E-state index is -0.107. The van der Waals surface area contributed by atoms with E-state index in [-0.39, 0.29) is 18.6 Å². The molecule has 8 nitrogen and oxygen atoms in total. The van der Waals surface area contributed by atoms with Gasteiger partial charge in [0, 0.05) is 31.7 Å². The van der Waals surface area contributed by atoms with Crippen LogP contribution in [0.15, 0.2) is 69.6 Å². The molecule has 0 aliphatic carbocycles. The lowest BCUT2D eigenvalue weighted by Gasteiger charge is -2.36. The van der Waals surface area contributed by atoms with Crippen LogP contribution in [-0.2, 0) is 6.61 Å². The molecule has 1 aliphatic heterocycles. The molecule has 4 aromatic rings. The van der Waals surface area contributed by atoms with Crippen molar-refractivity contribution in [1.82, 2.24) is 19.9 Å². The molecular weight excluding hydrogens is 456 g/mol. The number of carbonyl (C=O) groups is 1. The largest absolute Gasteiger partial charge is 0.485 e. The van der Waals surface area contributed by atoms with Gasteiger partial charge in [-0.1, -0.05) is 53.2 Å². The molecule has 0 radical (unpaired) electrons. The first-order chi connectivity index (χ1) is 17.5. The van der Waals surface area contributed by atoms with E-state index in [9.17, 15) is 4.79 Å². The summed E-state index contributed by atoms with van der Waals surface area (Å²) in [7, 11) is 0. The maximum Gasteiger partial charge on any atom is 0.289 e. The van der Waals surface area contributed by atoms with Crippen LogP contribution in [0.3, 0.4) is 0 Å². The first kappa shape index (κ1) is 23.8. The number of aryl methyl sites for hydroxylation is 2. The number of amides is 1.